The Hall–Kier alpha value is -0.850. The fraction of sp³-hybridized carbons (Fsp3) is 0.364. The Kier molecular flexibility index (Phi) is 2.11. The van der Waals surface area contributed by atoms with Crippen molar-refractivity contribution in [2.24, 2.45) is 5.92 Å². The van der Waals surface area contributed by atoms with Gasteiger partial charge in [-0.1, -0.05) is 24.6 Å². The van der Waals surface area contributed by atoms with E-state index >= 15 is 0 Å². The summed E-state index contributed by atoms with van der Waals surface area (Å²) < 4.78 is 13.1. The van der Waals surface area contributed by atoms with Crippen LogP contribution in [0.1, 0.15) is 24.8 Å². The minimum atomic E-state index is -0.0931. The zero-order valence-electron chi connectivity index (χ0n) is 6.96. The third kappa shape index (κ3) is 1.50. The van der Waals surface area contributed by atoms with E-state index in [0.717, 1.165) is 5.56 Å². The van der Waals surface area contributed by atoms with E-state index in [4.69, 9.17) is 0 Å². The van der Waals surface area contributed by atoms with Crippen molar-refractivity contribution >= 4 is 0 Å². The standard InChI is InChI=1S/C11H12F/c12-11-7-2-1-6-10(11)8-9-4-3-5-9/h1-2,6-9H,3-5H2. The maximum Gasteiger partial charge on any atom is 0.126 e. The van der Waals surface area contributed by atoms with Crippen LogP contribution >= 0.6 is 0 Å². The van der Waals surface area contributed by atoms with Crippen LogP contribution in [-0.2, 0) is 0 Å². The highest BCUT2D eigenvalue weighted by Gasteiger charge is 2.19. The van der Waals surface area contributed by atoms with Gasteiger partial charge in [-0.15, -0.1) is 0 Å². The number of rotatable bonds is 2. The van der Waals surface area contributed by atoms with Gasteiger partial charge in [0.15, 0.2) is 0 Å². The van der Waals surface area contributed by atoms with E-state index in [0.29, 0.717) is 5.92 Å². The first kappa shape index (κ1) is 7.78. The molecule has 0 heterocycles. The molecule has 0 bridgehead atoms. The average molecular weight is 163 g/mol. The molecule has 0 unspecified atom stereocenters. The van der Waals surface area contributed by atoms with Crippen LogP contribution in [0.25, 0.3) is 0 Å². The molecular weight excluding hydrogens is 151 g/mol. The highest BCUT2D eigenvalue weighted by Crippen LogP contribution is 2.31. The molecule has 1 fully saturated rings. The Balaban J connectivity index is 2.06. The van der Waals surface area contributed by atoms with Crippen LogP contribution in [-0.4, -0.2) is 0 Å². The van der Waals surface area contributed by atoms with Gasteiger partial charge >= 0.3 is 0 Å². The van der Waals surface area contributed by atoms with Crippen LogP contribution in [0.3, 0.4) is 0 Å². The zero-order chi connectivity index (χ0) is 8.39. The Morgan fingerprint density at radius 1 is 1.25 bits per heavy atom. The van der Waals surface area contributed by atoms with Crippen molar-refractivity contribution in [3.8, 4) is 0 Å². The van der Waals surface area contributed by atoms with E-state index in [1.165, 1.54) is 25.3 Å². The maximum atomic E-state index is 13.1. The topological polar surface area (TPSA) is 0 Å². The molecule has 0 nitrogen and oxygen atoms in total. The third-order valence-electron chi connectivity index (χ3n) is 2.47. The second kappa shape index (κ2) is 3.26. The zero-order valence-corrected chi connectivity index (χ0v) is 6.96. The van der Waals surface area contributed by atoms with Gasteiger partial charge in [-0.3, -0.25) is 0 Å². The number of halogens is 1. The molecule has 1 aromatic rings. The van der Waals surface area contributed by atoms with Crippen LogP contribution in [0, 0.1) is 18.2 Å². The van der Waals surface area contributed by atoms with Gasteiger partial charge in [0.2, 0.25) is 0 Å². The lowest BCUT2D eigenvalue weighted by atomic mass is 9.81. The Morgan fingerprint density at radius 3 is 2.58 bits per heavy atom. The fourth-order valence-electron chi connectivity index (χ4n) is 1.47. The molecule has 1 heteroatoms. The van der Waals surface area contributed by atoms with Crippen molar-refractivity contribution < 1.29 is 4.39 Å². The van der Waals surface area contributed by atoms with Gasteiger partial charge in [0.25, 0.3) is 0 Å². The molecule has 63 valence electrons. The largest absolute Gasteiger partial charge is 0.207 e. The molecular formula is C11H12F. The first-order valence-corrected chi connectivity index (χ1v) is 4.45. The highest BCUT2D eigenvalue weighted by molar-refractivity contribution is 5.26. The van der Waals surface area contributed by atoms with Crippen molar-refractivity contribution in [1.29, 1.82) is 0 Å². The molecule has 0 aromatic heterocycles. The monoisotopic (exact) mass is 163 g/mol. The molecule has 0 saturated heterocycles. The van der Waals surface area contributed by atoms with Crippen LogP contribution in [0.2, 0.25) is 0 Å². The third-order valence-corrected chi connectivity index (χ3v) is 2.47. The van der Waals surface area contributed by atoms with Crippen molar-refractivity contribution in [2.75, 3.05) is 0 Å². The van der Waals surface area contributed by atoms with E-state index in [1.54, 1.807) is 6.07 Å². The number of hydrogen-bond donors (Lipinski definition) is 0. The molecule has 1 aromatic carbocycles. The van der Waals surface area contributed by atoms with Crippen molar-refractivity contribution in [3.05, 3.63) is 42.1 Å². The van der Waals surface area contributed by atoms with E-state index in [9.17, 15) is 4.39 Å². The maximum absolute atomic E-state index is 13.1. The lowest BCUT2D eigenvalue weighted by molar-refractivity contribution is 0.366. The highest BCUT2D eigenvalue weighted by atomic mass is 19.1. The molecule has 12 heavy (non-hydrogen) atoms. The number of benzene rings is 1. The van der Waals surface area contributed by atoms with Gasteiger partial charge in [0.1, 0.15) is 5.82 Å². The predicted molar refractivity (Wildman–Crippen MR) is 47.1 cm³/mol. The molecule has 0 atom stereocenters. The lowest BCUT2D eigenvalue weighted by Crippen LogP contribution is -2.12. The summed E-state index contributed by atoms with van der Waals surface area (Å²) in [6, 6.07) is 6.97. The predicted octanol–water partition coefficient (Wildman–Crippen LogP) is 3.18. The normalized spacial score (nSPS) is 17.4. The first-order valence-electron chi connectivity index (χ1n) is 4.45. The average Bonchev–Trinajstić information content (AvgIpc) is 2.00. The summed E-state index contributed by atoms with van der Waals surface area (Å²) in [5.41, 5.74) is 0.766. The minimum absolute atomic E-state index is 0.0931. The molecule has 0 N–H and O–H groups in total. The van der Waals surface area contributed by atoms with Crippen molar-refractivity contribution in [3.63, 3.8) is 0 Å². The van der Waals surface area contributed by atoms with E-state index in [-0.39, 0.29) is 5.82 Å². The van der Waals surface area contributed by atoms with E-state index in [1.807, 2.05) is 12.1 Å². The van der Waals surface area contributed by atoms with Crippen LogP contribution in [0.4, 0.5) is 4.39 Å². The van der Waals surface area contributed by atoms with Crippen molar-refractivity contribution in [2.45, 2.75) is 19.3 Å². The second-order valence-corrected chi connectivity index (χ2v) is 3.38. The van der Waals surface area contributed by atoms with Gasteiger partial charge < -0.3 is 0 Å². The molecule has 1 saturated carbocycles. The van der Waals surface area contributed by atoms with Gasteiger partial charge in [-0.25, -0.2) is 4.39 Å². The summed E-state index contributed by atoms with van der Waals surface area (Å²) in [5.74, 6) is 0.534. The van der Waals surface area contributed by atoms with Gasteiger partial charge in [0.05, 0.1) is 0 Å². The fourth-order valence-corrected chi connectivity index (χ4v) is 1.47. The quantitative estimate of drug-likeness (QED) is 0.628. The summed E-state index contributed by atoms with van der Waals surface area (Å²) in [4.78, 5) is 0. The van der Waals surface area contributed by atoms with Gasteiger partial charge in [-0.05, 0) is 36.8 Å². The van der Waals surface area contributed by atoms with E-state index in [2.05, 4.69) is 6.42 Å². The Labute approximate surface area is 72.4 Å². The molecule has 2 rings (SSSR count). The van der Waals surface area contributed by atoms with Gasteiger partial charge in [-0.2, -0.15) is 0 Å². The lowest BCUT2D eigenvalue weighted by Gasteiger charge is -2.24. The summed E-state index contributed by atoms with van der Waals surface area (Å²) in [6.45, 7) is 0. The van der Waals surface area contributed by atoms with Crippen LogP contribution in [0.5, 0.6) is 0 Å². The molecule has 1 aliphatic carbocycles. The molecule has 0 spiro atoms. The SMILES string of the molecule is Fc1ccccc1[CH]C1CCC1. The smallest absolute Gasteiger partial charge is 0.126 e. The molecule has 1 radical (unpaired) electrons. The Morgan fingerprint density at radius 2 is 2.00 bits per heavy atom. The summed E-state index contributed by atoms with van der Waals surface area (Å²) in [5, 5.41) is 0. The molecule has 0 aliphatic heterocycles. The summed E-state index contributed by atoms with van der Waals surface area (Å²) in [7, 11) is 0. The van der Waals surface area contributed by atoms with E-state index < -0.39 is 0 Å². The summed E-state index contributed by atoms with van der Waals surface area (Å²) >= 11 is 0. The van der Waals surface area contributed by atoms with Crippen LogP contribution in [0.15, 0.2) is 24.3 Å². The second-order valence-electron chi connectivity index (χ2n) is 3.38. The van der Waals surface area contributed by atoms with Gasteiger partial charge in [0, 0.05) is 0 Å². The van der Waals surface area contributed by atoms with Crippen molar-refractivity contribution in [1.82, 2.24) is 0 Å². The Bertz CT molecular complexity index is 263. The number of hydrogen-bond acceptors (Lipinski definition) is 0. The first-order chi connectivity index (χ1) is 5.86. The minimum Gasteiger partial charge on any atom is -0.207 e. The summed E-state index contributed by atoms with van der Waals surface area (Å²) in [6.07, 6.45) is 5.82. The van der Waals surface area contributed by atoms with Crippen LogP contribution < -0.4 is 0 Å². The molecule has 0 amide bonds. The molecule has 1 aliphatic rings.